The van der Waals surface area contributed by atoms with Crippen molar-refractivity contribution in [3.63, 3.8) is 0 Å². The Morgan fingerprint density at radius 2 is 2.07 bits per heavy atom. The van der Waals surface area contributed by atoms with Crippen LogP contribution in [0.1, 0.15) is 12.2 Å². The number of tetrazole rings is 1. The Kier molecular flexibility index (Phi) is 5.36. The third-order valence-corrected chi connectivity index (χ3v) is 4.94. The number of halogens is 2. The van der Waals surface area contributed by atoms with E-state index < -0.39 is 5.82 Å². The van der Waals surface area contributed by atoms with Crippen molar-refractivity contribution in [2.45, 2.75) is 19.9 Å². The molecule has 1 amide bonds. The van der Waals surface area contributed by atoms with Crippen LogP contribution in [0.3, 0.4) is 0 Å². The van der Waals surface area contributed by atoms with Crippen LogP contribution in [-0.4, -0.2) is 35.7 Å². The lowest BCUT2D eigenvalue weighted by molar-refractivity contribution is -0.116. The Hall–Kier alpha value is -3.47. The summed E-state index contributed by atoms with van der Waals surface area (Å²) in [6.07, 6.45) is 1.46. The minimum atomic E-state index is -0.525. The maximum absolute atomic E-state index is 14.1. The highest BCUT2D eigenvalue weighted by molar-refractivity contribution is 9.10. The number of nitrogens with zero attached hydrogens (tertiary/aromatic N) is 6. The van der Waals surface area contributed by atoms with Gasteiger partial charge in [-0.05, 0) is 53.7 Å². The first-order valence-electron chi connectivity index (χ1n) is 8.92. The molecule has 2 aromatic carbocycles. The monoisotopic (exact) mass is 471 g/mol. The van der Waals surface area contributed by atoms with Gasteiger partial charge in [-0.2, -0.15) is 4.68 Å². The molecule has 2 aromatic heterocycles. The summed E-state index contributed by atoms with van der Waals surface area (Å²) in [4.78, 5) is 29.2. The Labute approximate surface area is 177 Å². The highest BCUT2D eigenvalue weighted by atomic mass is 79.9. The molecule has 11 heteroatoms. The second-order valence-electron chi connectivity index (χ2n) is 6.51. The third kappa shape index (κ3) is 3.96. The van der Waals surface area contributed by atoms with E-state index in [0.29, 0.717) is 22.4 Å². The molecule has 0 aliphatic heterocycles. The largest absolute Gasteiger partial charge is 0.326 e. The zero-order valence-corrected chi connectivity index (χ0v) is 17.3. The molecule has 0 bridgehead atoms. The van der Waals surface area contributed by atoms with Crippen LogP contribution in [0.25, 0.3) is 16.6 Å². The van der Waals surface area contributed by atoms with Crippen molar-refractivity contribution in [2.24, 2.45) is 0 Å². The fraction of sp³-hybridized carbons (Fsp3) is 0.158. The lowest BCUT2D eigenvalue weighted by Crippen LogP contribution is -2.23. The predicted octanol–water partition coefficient (Wildman–Crippen LogP) is 2.61. The highest BCUT2D eigenvalue weighted by Gasteiger charge is 2.12. The van der Waals surface area contributed by atoms with E-state index in [9.17, 15) is 14.0 Å². The number of anilines is 1. The molecule has 4 aromatic rings. The summed E-state index contributed by atoms with van der Waals surface area (Å²) in [5.74, 6) is -0.447. The number of amides is 1. The van der Waals surface area contributed by atoms with Crippen molar-refractivity contribution in [1.29, 1.82) is 0 Å². The normalized spacial score (nSPS) is 11.0. The quantitative estimate of drug-likeness (QED) is 0.479. The van der Waals surface area contributed by atoms with Crippen molar-refractivity contribution < 1.29 is 9.18 Å². The van der Waals surface area contributed by atoms with E-state index in [2.05, 4.69) is 41.8 Å². The van der Waals surface area contributed by atoms with Crippen molar-refractivity contribution in [3.05, 3.63) is 69.2 Å². The number of nitrogens with one attached hydrogen (secondary N) is 1. The summed E-state index contributed by atoms with van der Waals surface area (Å²) in [6.45, 7) is 1.79. The molecule has 9 nitrogen and oxygen atoms in total. The first-order chi connectivity index (χ1) is 14.4. The number of aryl methyl sites for hydroxylation is 2. The molecule has 30 heavy (non-hydrogen) atoms. The molecule has 0 atom stereocenters. The molecular formula is C19H15BrFN7O2. The Balaban J connectivity index is 1.48. The topological polar surface area (TPSA) is 108 Å². The molecule has 152 valence electrons. The molecule has 4 rings (SSSR count). The van der Waals surface area contributed by atoms with Crippen LogP contribution in [0, 0.1) is 12.7 Å². The van der Waals surface area contributed by atoms with Crippen molar-refractivity contribution in [3.8, 4) is 5.69 Å². The maximum Gasteiger partial charge on any atom is 0.261 e. The van der Waals surface area contributed by atoms with Gasteiger partial charge in [-0.1, -0.05) is 15.9 Å². The van der Waals surface area contributed by atoms with Gasteiger partial charge in [0.15, 0.2) is 5.82 Å². The van der Waals surface area contributed by atoms with Gasteiger partial charge < -0.3 is 5.32 Å². The van der Waals surface area contributed by atoms with Gasteiger partial charge >= 0.3 is 0 Å². The van der Waals surface area contributed by atoms with Crippen LogP contribution < -0.4 is 10.9 Å². The minimum absolute atomic E-state index is 0.0394. The molecular weight excluding hydrogens is 457 g/mol. The van der Waals surface area contributed by atoms with Gasteiger partial charge in [0.1, 0.15) is 11.5 Å². The molecule has 0 radical (unpaired) electrons. The van der Waals surface area contributed by atoms with E-state index in [1.807, 2.05) is 0 Å². The summed E-state index contributed by atoms with van der Waals surface area (Å²) in [5.41, 5.74) is 0.864. The van der Waals surface area contributed by atoms with Gasteiger partial charge in [0.05, 0.1) is 17.2 Å². The molecule has 2 heterocycles. The average molecular weight is 472 g/mol. The Bertz CT molecular complexity index is 1320. The summed E-state index contributed by atoms with van der Waals surface area (Å²) in [7, 11) is 0. The van der Waals surface area contributed by atoms with E-state index in [1.54, 1.807) is 25.1 Å². The van der Waals surface area contributed by atoms with Crippen molar-refractivity contribution in [1.82, 2.24) is 29.8 Å². The van der Waals surface area contributed by atoms with E-state index in [4.69, 9.17) is 0 Å². The molecule has 0 saturated heterocycles. The smallest absolute Gasteiger partial charge is 0.261 e. The van der Waals surface area contributed by atoms with Crippen molar-refractivity contribution in [2.75, 3.05) is 5.32 Å². The maximum atomic E-state index is 14.1. The van der Waals surface area contributed by atoms with Crippen LogP contribution in [0.4, 0.5) is 10.1 Å². The molecule has 0 aliphatic carbocycles. The Morgan fingerprint density at radius 1 is 1.23 bits per heavy atom. The summed E-state index contributed by atoms with van der Waals surface area (Å²) in [5, 5.41) is 14.1. The van der Waals surface area contributed by atoms with E-state index >= 15 is 0 Å². The zero-order valence-electron chi connectivity index (χ0n) is 15.7. The van der Waals surface area contributed by atoms with E-state index in [-0.39, 0.29) is 30.1 Å². The van der Waals surface area contributed by atoms with Crippen LogP contribution >= 0.6 is 15.9 Å². The molecule has 1 N–H and O–H groups in total. The van der Waals surface area contributed by atoms with Crippen molar-refractivity contribution >= 4 is 38.4 Å². The number of carbonyl (C=O) groups is 1. The first-order valence-corrected chi connectivity index (χ1v) is 9.71. The number of hydrogen-bond acceptors (Lipinski definition) is 6. The van der Waals surface area contributed by atoms with Gasteiger partial charge in [0, 0.05) is 23.1 Å². The lowest BCUT2D eigenvalue weighted by atomic mass is 10.2. The fourth-order valence-corrected chi connectivity index (χ4v) is 3.30. The third-order valence-electron chi connectivity index (χ3n) is 4.45. The van der Waals surface area contributed by atoms with Crippen LogP contribution in [0.2, 0.25) is 0 Å². The molecule has 0 spiro atoms. The summed E-state index contributed by atoms with van der Waals surface area (Å²) < 4.78 is 17.5. The number of carbonyl (C=O) groups excluding carboxylic acids is 1. The van der Waals surface area contributed by atoms with Gasteiger partial charge in [0.25, 0.3) is 5.56 Å². The SMILES string of the molecule is Cc1nnnn1-c1cc(NC(=O)CCn2cnc3ccc(Br)cc3c2=O)ccc1F. The molecule has 0 fully saturated rings. The fourth-order valence-electron chi connectivity index (χ4n) is 2.94. The van der Waals surface area contributed by atoms with E-state index in [1.165, 1.54) is 33.8 Å². The lowest BCUT2D eigenvalue weighted by Gasteiger charge is -2.10. The summed E-state index contributed by atoms with van der Waals surface area (Å²) >= 11 is 3.34. The number of rotatable bonds is 5. The second kappa shape index (κ2) is 8.11. The second-order valence-corrected chi connectivity index (χ2v) is 7.42. The number of hydrogen-bond donors (Lipinski definition) is 1. The standard InChI is InChI=1S/C19H15BrFN7O2/c1-11-24-25-26-28(11)17-9-13(3-4-15(17)21)23-18(29)6-7-27-10-22-16-5-2-12(20)8-14(16)19(27)30/h2-5,8-10H,6-7H2,1H3,(H,23,29). The molecule has 0 aliphatic rings. The van der Waals surface area contributed by atoms with Gasteiger partial charge in [-0.25, -0.2) is 9.37 Å². The summed E-state index contributed by atoms with van der Waals surface area (Å²) in [6, 6.07) is 9.36. The number of aromatic nitrogens is 6. The van der Waals surface area contributed by atoms with E-state index in [0.717, 1.165) is 4.47 Å². The van der Waals surface area contributed by atoms with Gasteiger partial charge in [0.2, 0.25) is 5.91 Å². The minimum Gasteiger partial charge on any atom is -0.326 e. The van der Waals surface area contributed by atoms with Crippen LogP contribution in [0.15, 0.2) is 52.0 Å². The zero-order chi connectivity index (χ0) is 21.3. The van der Waals surface area contributed by atoms with Gasteiger partial charge in [-0.3, -0.25) is 14.2 Å². The molecule has 0 saturated carbocycles. The Morgan fingerprint density at radius 3 is 2.83 bits per heavy atom. The first kappa shape index (κ1) is 19.8. The average Bonchev–Trinajstić information content (AvgIpc) is 3.15. The van der Waals surface area contributed by atoms with Gasteiger partial charge in [-0.15, -0.1) is 5.10 Å². The predicted molar refractivity (Wildman–Crippen MR) is 111 cm³/mol. The number of benzene rings is 2. The van der Waals surface area contributed by atoms with Crippen LogP contribution in [-0.2, 0) is 11.3 Å². The molecule has 0 unspecified atom stereocenters. The van der Waals surface area contributed by atoms with Crippen LogP contribution in [0.5, 0.6) is 0 Å². The number of fused-ring (bicyclic) bond motifs is 1. The highest BCUT2D eigenvalue weighted by Crippen LogP contribution is 2.19.